The largest absolute Gasteiger partial charge is 0.493 e. The molecular weight excluding hydrogens is 344 g/mol. The van der Waals surface area contributed by atoms with Gasteiger partial charge in [-0.3, -0.25) is 0 Å². The minimum absolute atomic E-state index is 0.773. The van der Waals surface area contributed by atoms with Gasteiger partial charge in [0, 0.05) is 11.8 Å². The first kappa shape index (κ1) is 22.4. The molecule has 0 unspecified atom stereocenters. The lowest BCUT2D eigenvalue weighted by molar-refractivity contribution is 0.306. The summed E-state index contributed by atoms with van der Waals surface area (Å²) < 4.78 is 6.11. The van der Waals surface area contributed by atoms with E-state index in [0.717, 1.165) is 36.5 Å². The molecule has 0 N–H and O–H groups in total. The summed E-state index contributed by atoms with van der Waals surface area (Å²) in [4.78, 5) is 8.90. The van der Waals surface area contributed by atoms with Gasteiger partial charge in [-0.15, -0.1) is 0 Å². The van der Waals surface area contributed by atoms with E-state index in [9.17, 15) is 0 Å². The van der Waals surface area contributed by atoms with Crippen LogP contribution in [0.4, 0.5) is 0 Å². The fourth-order valence-corrected chi connectivity index (χ4v) is 3.56. The van der Waals surface area contributed by atoms with Crippen molar-refractivity contribution in [1.82, 2.24) is 9.97 Å². The number of aryl methyl sites for hydroxylation is 1. The maximum atomic E-state index is 6.11. The van der Waals surface area contributed by atoms with Crippen molar-refractivity contribution in [3.8, 4) is 17.0 Å². The molecule has 0 amide bonds. The van der Waals surface area contributed by atoms with E-state index in [1.165, 1.54) is 69.8 Å². The molecule has 2 rings (SSSR count). The van der Waals surface area contributed by atoms with Gasteiger partial charge in [-0.2, -0.15) is 0 Å². The zero-order valence-corrected chi connectivity index (χ0v) is 18.0. The fraction of sp³-hybridized carbons (Fsp3) is 0.600. The number of benzene rings is 1. The molecule has 1 aromatic carbocycles. The van der Waals surface area contributed by atoms with E-state index in [-0.39, 0.29) is 0 Å². The highest BCUT2D eigenvalue weighted by Gasteiger charge is 2.12. The van der Waals surface area contributed by atoms with Crippen molar-refractivity contribution in [2.75, 3.05) is 6.61 Å². The number of para-hydroxylation sites is 1. The van der Waals surface area contributed by atoms with Crippen LogP contribution in [0.1, 0.15) is 90.0 Å². The highest BCUT2D eigenvalue weighted by molar-refractivity contribution is 5.69. The Balaban J connectivity index is 1.94. The summed E-state index contributed by atoms with van der Waals surface area (Å²) in [6.45, 7) is 5.27. The average molecular weight is 383 g/mol. The number of aromatic nitrogens is 2. The molecule has 0 saturated heterocycles. The molecule has 3 heteroatoms. The second-order valence-corrected chi connectivity index (χ2v) is 7.67. The Bertz CT molecular complexity index is 657. The Labute approximate surface area is 172 Å². The van der Waals surface area contributed by atoms with E-state index in [1.54, 1.807) is 6.33 Å². The van der Waals surface area contributed by atoms with Gasteiger partial charge in [-0.25, -0.2) is 9.97 Å². The third-order valence-corrected chi connectivity index (χ3v) is 5.24. The predicted octanol–water partition coefficient (Wildman–Crippen LogP) is 7.40. The van der Waals surface area contributed by atoms with E-state index in [4.69, 9.17) is 4.74 Å². The lowest BCUT2D eigenvalue weighted by Gasteiger charge is -2.13. The quantitative estimate of drug-likeness (QED) is 0.301. The maximum absolute atomic E-state index is 6.11. The van der Waals surface area contributed by atoms with Crippen molar-refractivity contribution in [3.63, 3.8) is 0 Å². The van der Waals surface area contributed by atoms with Crippen LogP contribution in [-0.4, -0.2) is 16.6 Å². The molecule has 3 nitrogen and oxygen atoms in total. The van der Waals surface area contributed by atoms with Crippen LogP contribution in [0.2, 0.25) is 0 Å². The second-order valence-electron chi connectivity index (χ2n) is 7.67. The van der Waals surface area contributed by atoms with Gasteiger partial charge in [0.2, 0.25) is 0 Å². The third-order valence-electron chi connectivity index (χ3n) is 5.24. The Morgan fingerprint density at radius 1 is 0.786 bits per heavy atom. The highest BCUT2D eigenvalue weighted by atomic mass is 16.5. The van der Waals surface area contributed by atoms with Crippen molar-refractivity contribution >= 4 is 0 Å². The Kier molecular flexibility index (Phi) is 11.3. The summed E-state index contributed by atoms with van der Waals surface area (Å²) in [6, 6.07) is 8.30. The third kappa shape index (κ3) is 8.00. The van der Waals surface area contributed by atoms with Crippen molar-refractivity contribution in [2.45, 2.75) is 90.9 Å². The minimum Gasteiger partial charge on any atom is -0.493 e. The molecule has 1 heterocycles. The molecule has 28 heavy (non-hydrogen) atoms. The number of hydrogen-bond donors (Lipinski definition) is 0. The zero-order valence-electron chi connectivity index (χ0n) is 18.0. The Hall–Kier alpha value is -1.90. The van der Waals surface area contributed by atoms with Crippen LogP contribution in [0.5, 0.6) is 5.75 Å². The average Bonchev–Trinajstić information content (AvgIpc) is 2.74. The van der Waals surface area contributed by atoms with E-state index in [2.05, 4.69) is 42.0 Å². The molecule has 0 aliphatic heterocycles. The van der Waals surface area contributed by atoms with E-state index in [1.807, 2.05) is 12.3 Å². The second kappa shape index (κ2) is 14.1. The predicted molar refractivity (Wildman–Crippen MR) is 119 cm³/mol. The summed E-state index contributed by atoms with van der Waals surface area (Å²) >= 11 is 0. The number of unbranched alkanes of at least 4 members (excludes halogenated alkanes) is 9. The van der Waals surface area contributed by atoms with Crippen LogP contribution >= 0.6 is 0 Å². The fourth-order valence-electron chi connectivity index (χ4n) is 3.56. The van der Waals surface area contributed by atoms with E-state index >= 15 is 0 Å². The molecule has 0 radical (unpaired) electrons. The number of nitrogens with zero attached hydrogens (tertiary/aromatic N) is 2. The normalized spacial score (nSPS) is 10.9. The molecule has 0 aliphatic carbocycles. The minimum atomic E-state index is 0.773. The van der Waals surface area contributed by atoms with Crippen LogP contribution in [0.25, 0.3) is 11.3 Å². The Morgan fingerprint density at radius 2 is 1.46 bits per heavy atom. The van der Waals surface area contributed by atoms with Gasteiger partial charge >= 0.3 is 0 Å². The molecule has 0 spiro atoms. The lowest BCUT2D eigenvalue weighted by Crippen LogP contribution is -2.01. The van der Waals surface area contributed by atoms with E-state index < -0.39 is 0 Å². The molecule has 0 atom stereocenters. The van der Waals surface area contributed by atoms with Gasteiger partial charge in [-0.05, 0) is 37.0 Å². The van der Waals surface area contributed by atoms with Gasteiger partial charge in [0.1, 0.15) is 12.1 Å². The molecule has 0 saturated carbocycles. The van der Waals surface area contributed by atoms with Crippen LogP contribution < -0.4 is 4.74 Å². The van der Waals surface area contributed by atoms with Crippen molar-refractivity contribution in [2.24, 2.45) is 0 Å². The van der Waals surface area contributed by atoms with Gasteiger partial charge in [-0.1, -0.05) is 83.8 Å². The molecule has 1 aromatic heterocycles. The van der Waals surface area contributed by atoms with Crippen molar-refractivity contribution in [1.29, 1.82) is 0 Å². The number of hydrogen-bond acceptors (Lipinski definition) is 3. The topological polar surface area (TPSA) is 35.0 Å². The molecule has 2 aromatic rings. The smallest absolute Gasteiger partial charge is 0.128 e. The first-order valence-electron chi connectivity index (χ1n) is 11.4. The summed E-state index contributed by atoms with van der Waals surface area (Å²) in [6.07, 6.45) is 18.8. The van der Waals surface area contributed by atoms with Gasteiger partial charge < -0.3 is 4.74 Å². The van der Waals surface area contributed by atoms with Crippen LogP contribution in [0, 0.1) is 0 Å². The molecule has 0 bridgehead atoms. The zero-order chi connectivity index (χ0) is 19.9. The molecule has 0 aliphatic rings. The van der Waals surface area contributed by atoms with Crippen LogP contribution in [0.15, 0.2) is 36.8 Å². The van der Waals surface area contributed by atoms with Crippen LogP contribution in [0.3, 0.4) is 0 Å². The lowest BCUT2D eigenvalue weighted by atomic mass is 10.0. The van der Waals surface area contributed by atoms with E-state index in [0.29, 0.717) is 0 Å². The van der Waals surface area contributed by atoms with Gasteiger partial charge in [0.25, 0.3) is 0 Å². The summed E-state index contributed by atoms with van der Waals surface area (Å²) in [5, 5.41) is 0. The maximum Gasteiger partial charge on any atom is 0.128 e. The standard InChI is InChI=1S/C25H38N2O/c1-3-5-7-9-10-11-12-16-22-20-26-21-27-25(22)23-17-13-14-18-24(23)28-19-15-8-6-4-2/h13-14,17-18,20-21H,3-12,15-16,19H2,1-2H3. The summed E-state index contributed by atoms with van der Waals surface area (Å²) in [7, 11) is 0. The summed E-state index contributed by atoms with van der Waals surface area (Å²) in [5.41, 5.74) is 3.36. The first-order valence-corrected chi connectivity index (χ1v) is 11.4. The highest BCUT2D eigenvalue weighted by Crippen LogP contribution is 2.31. The molecule has 0 fully saturated rings. The monoisotopic (exact) mass is 382 g/mol. The first-order chi connectivity index (χ1) is 13.9. The van der Waals surface area contributed by atoms with Gasteiger partial charge in [0.15, 0.2) is 0 Å². The Morgan fingerprint density at radius 3 is 2.25 bits per heavy atom. The number of rotatable bonds is 15. The number of ether oxygens (including phenoxy) is 1. The summed E-state index contributed by atoms with van der Waals surface area (Å²) in [5.74, 6) is 0.943. The van der Waals surface area contributed by atoms with Crippen LogP contribution in [-0.2, 0) is 6.42 Å². The van der Waals surface area contributed by atoms with Crippen molar-refractivity contribution < 1.29 is 4.74 Å². The molecule has 154 valence electrons. The van der Waals surface area contributed by atoms with Crippen molar-refractivity contribution in [3.05, 3.63) is 42.4 Å². The van der Waals surface area contributed by atoms with Gasteiger partial charge in [0.05, 0.1) is 12.3 Å². The molecular formula is C25H38N2O. The SMILES string of the molecule is CCCCCCCCCc1cncnc1-c1ccccc1OCCCCCC.